The van der Waals surface area contributed by atoms with Gasteiger partial charge in [-0.05, 0) is 41.1 Å². The first-order valence-electron chi connectivity index (χ1n) is 5.78. The van der Waals surface area contributed by atoms with Crippen molar-refractivity contribution in [3.8, 4) is 0 Å². The summed E-state index contributed by atoms with van der Waals surface area (Å²) in [5.41, 5.74) is 8.54. The fourth-order valence-corrected chi connectivity index (χ4v) is 2.54. The van der Waals surface area contributed by atoms with Crippen molar-refractivity contribution in [2.24, 2.45) is 0 Å². The lowest BCUT2D eigenvalue weighted by Gasteiger charge is -2.17. The fraction of sp³-hybridized carbons (Fsp3) is 0.231. The summed E-state index contributed by atoms with van der Waals surface area (Å²) in [6, 6.07) is 6.63. The molecule has 0 fully saturated rings. The minimum Gasteiger partial charge on any atom is -0.398 e. The maximum atomic E-state index is 10.8. The third-order valence-corrected chi connectivity index (χ3v) is 3.54. The number of nitrogen functional groups attached to an aromatic ring is 1. The smallest absolute Gasteiger partial charge is 0.269 e. The van der Waals surface area contributed by atoms with E-state index in [1.165, 1.54) is 11.6 Å². The van der Waals surface area contributed by atoms with Crippen molar-refractivity contribution in [2.45, 2.75) is 13.1 Å². The number of benzene rings is 1. The van der Waals surface area contributed by atoms with Gasteiger partial charge in [0.1, 0.15) is 0 Å². The molecule has 1 aromatic heterocycles. The predicted octanol–water partition coefficient (Wildman–Crippen LogP) is 2.87. The first-order valence-corrected chi connectivity index (χ1v) is 6.73. The molecule has 0 bridgehead atoms. The van der Waals surface area contributed by atoms with Crippen molar-refractivity contribution in [3.63, 3.8) is 0 Å². The lowest BCUT2D eigenvalue weighted by atomic mass is 10.1. The van der Waals surface area contributed by atoms with Crippen LogP contribution < -0.4 is 5.73 Å². The molecule has 0 amide bonds. The molecule has 0 unspecified atom stereocenters. The summed E-state index contributed by atoms with van der Waals surface area (Å²) < 4.78 is 0. The van der Waals surface area contributed by atoms with Gasteiger partial charge in [-0.1, -0.05) is 0 Å². The second-order valence-electron chi connectivity index (χ2n) is 4.44. The maximum Gasteiger partial charge on any atom is 0.269 e. The Morgan fingerprint density at radius 1 is 1.37 bits per heavy atom. The number of nitro benzene ring substituents is 1. The Balaban J connectivity index is 2.09. The van der Waals surface area contributed by atoms with Crippen molar-refractivity contribution in [1.82, 2.24) is 4.90 Å². The van der Waals surface area contributed by atoms with E-state index in [1.807, 2.05) is 12.4 Å². The van der Waals surface area contributed by atoms with E-state index in [0.29, 0.717) is 12.2 Å². The minimum absolute atomic E-state index is 0.0770. The van der Waals surface area contributed by atoms with Crippen LogP contribution in [-0.2, 0) is 13.1 Å². The highest BCUT2D eigenvalue weighted by atomic mass is 32.1. The molecule has 1 aromatic carbocycles. The lowest BCUT2D eigenvalue weighted by molar-refractivity contribution is -0.384. The average molecular weight is 277 g/mol. The highest BCUT2D eigenvalue weighted by Crippen LogP contribution is 2.21. The Bertz CT molecular complexity index is 569. The van der Waals surface area contributed by atoms with Gasteiger partial charge in [0.15, 0.2) is 0 Å². The highest BCUT2D eigenvalue weighted by molar-refractivity contribution is 7.07. The molecule has 0 radical (unpaired) electrons. The largest absolute Gasteiger partial charge is 0.398 e. The van der Waals surface area contributed by atoms with Crippen LogP contribution in [0.1, 0.15) is 11.1 Å². The Morgan fingerprint density at radius 3 is 2.79 bits per heavy atom. The number of anilines is 1. The molecule has 0 spiro atoms. The van der Waals surface area contributed by atoms with Crippen LogP contribution >= 0.6 is 11.3 Å². The minimum atomic E-state index is -0.401. The summed E-state index contributed by atoms with van der Waals surface area (Å²) in [5.74, 6) is 0. The molecule has 0 atom stereocenters. The van der Waals surface area contributed by atoms with Crippen molar-refractivity contribution in [1.29, 1.82) is 0 Å². The normalized spacial score (nSPS) is 10.8. The molecule has 2 aromatic rings. The quantitative estimate of drug-likeness (QED) is 0.518. The van der Waals surface area contributed by atoms with E-state index in [9.17, 15) is 10.1 Å². The Morgan fingerprint density at radius 2 is 2.16 bits per heavy atom. The molecule has 0 saturated heterocycles. The molecule has 0 aliphatic rings. The zero-order chi connectivity index (χ0) is 13.8. The summed E-state index contributed by atoms with van der Waals surface area (Å²) >= 11 is 1.66. The van der Waals surface area contributed by atoms with Crippen molar-refractivity contribution in [2.75, 3.05) is 12.8 Å². The van der Waals surface area contributed by atoms with E-state index >= 15 is 0 Å². The Hall–Kier alpha value is -1.92. The number of nitrogens with zero attached hydrogens (tertiary/aromatic N) is 2. The number of nitrogens with two attached hydrogens (primary N) is 1. The van der Waals surface area contributed by atoms with Crippen LogP contribution in [0.3, 0.4) is 0 Å². The van der Waals surface area contributed by atoms with Crippen molar-refractivity contribution >= 4 is 22.7 Å². The number of rotatable bonds is 5. The van der Waals surface area contributed by atoms with Gasteiger partial charge in [-0.3, -0.25) is 15.0 Å². The zero-order valence-corrected chi connectivity index (χ0v) is 11.4. The van der Waals surface area contributed by atoms with Gasteiger partial charge in [0.25, 0.3) is 5.69 Å². The highest BCUT2D eigenvalue weighted by Gasteiger charge is 2.11. The van der Waals surface area contributed by atoms with E-state index < -0.39 is 4.92 Å². The summed E-state index contributed by atoms with van der Waals surface area (Å²) in [6.45, 7) is 1.38. The lowest BCUT2D eigenvalue weighted by Crippen LogP contribution is -2.17. The second kappa shape index (κ2) is 5.81. The molecule has 6 heteroatoms. The number of thiophene rings is 1. The van der Waals surface area contributed by atoms with Crippen LogP contribution in [0.15, 0.2) is 35.0 Å². The van der Waals surface area contributed by atoms with Gasteiger partial charge in [-0.2, -0.15) is 11.3 Å². The summed E-state index contributed by atoms with van der Waals surface area (Å²) in [4.78, 5) is 12.4. The average Bonchev–Trinajstić information content (AvgIpc) is 2.84. The van der Waals surface area contributed by atoms with Crippen LogP contribution in [0.5, 0.6) is 0 Å². The summed E-state index contributed by atoms with van der Waals surface area (Å²) in [5, 5.41) is 14.9. The molecular formula is C13H15N3O2S. The number of hydrogen-bond acceptors (Lipinski definition) is 5. The first-order chi connectivity index (χ1) is 9.06. The van der Waals surface area contributed by atoms with E-state index in [4.69, 9.17) is 5.73 Å². The van der Waals surface area contributed by atoms with Gasteiger partial charge in [0.2, 0.25) is 0 Å². The van der Waals surface area contributed by atoms with E-state index in [2.05, 4.69) is 16.3 Å². The molecular weight excluding hydrogens is 262 g/mol. The van der Waals surface area contributed by atoms with Crippen molar-refractivity contribution < 1.29 is 4.92 Å². The summed E-state index contributed by atoms with van der Waals surface area (Å²) in [6.07, 6.45) is 0. The van der Waals surface area contributed by atoms with Crippen LogP contribution in [0.2, 0.25) is 0 Å². The summed E-state index contributed by atoms with van der Waals surface area (Å²) in [7, 11) is 1.97. The third kappa shape index (κ3) is 3.52. The number of hydrogen-bond donors (Lipinski definition) is 1. The molecule has 0 aliphatic heterocycles. The number of nitro groups is 1. The molecule has 5 nitrogen and oxygen atoms in total. The first kappa shape index (κ1) is 13.5. The Kier molecular flexibility index (Phi) is 4.13. The van der Waals surface area contributed by atoms with Gasteiger partial charge >= 0.3 is 0 Å². The van der Waals surface area contributed by atoms with E-state index in [-0.39, 0.29) is 5.69 Å². The van der Waals surface area contributed by atoms with Gasteiger partial charge in [-0.25, -0.2) is 0 Å². The van der Waals surface area contributed by atoms with Crippen LogP contribution in [0, 0.1) is 10.1 Å². The van der Waals surface area contributed by atoms with Gasteiger partial charge in [-0.15, -0.1) is 0 Å². The van der Waals surface area contributed by atoms with Gasteiger partial charge in [0.05, 0.1) is 4.92 Å². The maximum absolute atomic E-state index is 10.8. The third-order valence-electron chi connectivity index (χ3n) is 2.81. The van der Waals surface area contributed by atoms with Crippen molar-refractivity contribution in [3.05, 3.63) is 56.3 Å². The number of non-ortho nitro benzene ring substituents is 1. The Labute approximate surface area is 115 Å². The van der Waals surface area contributed by atoms with E-state index in [0.717, 1.165) is 12.1 Å². The van der Waals surface area contributed by atoms with Crippen LogP contribution in [0.4, 0.5) is 11.4 Å². The molecule has 100 valence electrons. The predicted molar refractivity (Wildman–Crippen MR) is 77.0 cm³/mol. The van der Waals surface area contributed by atoms with Crippen LogP contribution in [0.25, 0.3) is 0 Å². The standard InChI is InChI=1S/C13H15N3O2S/c1-15(7-10-4-5-19-9-10)8-11-6-12(16(17)18)2-3-13(11)14/h2-6,9H,7-8,14H2,1H3. The molecule has 2 rings (SSSR count). The van der Waals surface area contributed by atoms with Gasteiger partial charge in [0, 0.05) is 30.9 Å². The molecule has 2 N–H and O–H groups in total. The topological polar surface area (TPSA) is 72.4 Å². The molecule has 1 heterocycles. The SMILES string of the molecule is CN(Cc1ccsc1)Cc1cc([N+](=O)[O-])ccc1N. The van der Waals surface area contributed by atoms with Crippen LogP contribution in [-0.4, -0.2) is 16.9 Å². The molecule has 19 heavy (non-hydrogen) atoms. The fourth-order valence-electron chi connectivity index (χ4n) is 1.88. The van der Waals surface area contributed by atoms with Gasteiger partial charge < -0.3 is 5.73 Å². The van der Waals surface area contributed by atoms with E-state index in [1.54, 1.807) is 23.5 Å². The zero-order valence-electron chi connectivity index (χ0n) is 10.6. The monoisotopic (exact) mass is 277 g/mol. The molecule has 0 aliphatic carbocycles. The second-order valence-corrected chi connectivity index (χ2v) is 5.22. The molecule has 0 saturated carbocycles.